The Kier molecular flexibility index (Phi) is 5.61. The Morgan fingerprint density at radius 1 is 1.21 bits per heavy atom. The van der Waals surface area contributed by atoms with E-state index < -0.39 is 10.0 Å². The summed E-state index contributed by atoms with van der Waals surface area (Å²) < 4.78 is 24.3. The molecule has 2 N–H and O–H groups in total. The van der Waals surface area contributed by atoms with Gasteiger partial charge in [0, 0.05) is 38.4 Å². The van der Waals surface area contributed by atoms with Crippen LogP contribution in [0.15, 0.2) is 24.3 Å². The van der Waals surface area contributed by atoms with Crippen molar-refractivity contribution in [2.24, 2.45) is 0 Å². The minimum Gasteiger partial charge on any atom is -0.399 e. The molecule has 0 spiro atoms. The van der Waals surface area contributed by atoms with Crippen LogP contribution in [0.1, 0.15) is 5.56 Å². The minimum atomic E-state index is -3.04. The van der Waals surface area contributed by atoms with Crippen LogP contribution in [0.2, 0.25) is 0 Å². The number of hydrogen-bond donors (Lipinski definition) is 1. The third-order valence-electron chi connectivity index (χ3n) is 3.16. The normalized spacial score (nSPS) is 17.9. The van der Waals surface area contributed by atoms with Crippen LogP contribution >= 0.6 is 12.4 Å². The number of nitrogen functional groups attached to an aromatic ring is 1. The van der Waals surface area contributed by atoms with Gasteiger partial charge >= 0.3 is 0 Å². The molecule has 0 unspecified atom stereocenters. The van der Waals surface area contributed by atoms with Gasteiger partial charge in [-0.1, -0.05) is 12.1 Å². The number of anilines is 1. The van der Waals surface area contributed by atoms with Gasteiger partial charge in [-0.15, -0.1) is 12.4 Å². The molecule has 19 heavy (non-hydrogen) atoms. The van der Waals surface area contributed by atoms with E-state index in [2.05, 4.69) is 4.90 Å². The highest BCUT2D eigenvalue weighted by Gasteiger charge is 2.23. The number of nitrogens with two attached hydrogens (primary N) is 1. The summed E-state index contributed by atoms with van der Waals surface area (Å²) in [7, 11) is -3.04. The third kappa shape index (κ3) is 4.65. The Bertz CT molecular complexity index is 513. The predicted octanol–water partition coefficient (Wildman–Crippen LogP) is 0.768. The summed E-state index contributed by atoms with van der Waals surface area (Å²) in [5.74, 6) is 0. The second-order valence-corrected chi connectivity index (χ2v) is 6.67. The first kappa shape index (κ1) is 16.2. The molecule has 0 radical (unpaired) electrons. The molecule has 1 saturated heterocycles. The Hall–Kier alpha value is -0.820. The molecular weight excluding hydrogens is 286 g/mol. The highest BCUT2D eigenvalue weighted by molar-refractivity contribution is 7.88. The first-order valence-electron chi connectivity index (χ1n) is 5.97. The van der Waals surface area contributed by atoms with Crippen molar-refractivity contribution in [1.82, 2.24) is 9.21 Å². The summed E-state index contributed by atoms with van der Waals surface area (Å²) in [6.07, 6.45) is 1.26. The average molecular weight is 306 g/mol. The minimum absolute atomic E-state index is 0. The van der Waals surface area contributed by atoms with E-state index in [1.165, 1.54) is 16.1 Å². The van der Waals surface area contributed by atoms with E-state index in [1.807, 2.05) is 24.3 Å². The van der Waals surface area contributed by atoms with Gasteiger partial charge in [-0.25, -0.2) is 8.42 Å². The number of halogens is 1. The lowest BCUT2D eigenvalue weighted by molar-refractivity contribution is 0.182. The molecule has 1 aliphatic heterocycles. The van der Waals surface area contributed by atoms with Crippen LogP contribution in [0.4, 0.5) is 5.69 Å². The van der Waals surface area contributed by atoms with E-state index in [0.29, 0.717) is 13.1 Å². The van der Waals surface area contributed by atoms with Crippen LogP contribution in [-0.4, -0.2) is 50.1 Å². The van der Waals surface area contributed by atoms with E-state index in [1.54, 1.807) is 0 Å². The molecule has 2 rings (SSSR count). The van der Waals surface area contributed by atoms with Gasteiger partial charge in [0.15, 0.2) is 0 Å². The molecule has 0 saturated carbocycles. The summed E-state index contributed by atoms with van der Waals surface area (Å²) in [6.45, 7) is 3.49. The van der Waals surface area contributed by atoms with Crippen molar-refractivity contribution in [3.05, 3.63) is 29.8 Å². The SMILES string of the molecule is CS(=O)(=O)N1CCN(Cc2cccc(N)c2)CC1.Cl. The summed E-state index contributed by atoms with van der Waals surface area (Å²) in [5.41, 5.74) is 7.67. The van der Waals surface area contributed by atoms with Gasteiger partial charge in [0.25, 0.3) is 0 Å². The molecular formula is C12H20ClN3O2S. The fourth-order valence-electron chi connectivity index (χ4n) is 2.17. The van der Waals surface area contributed by atoms with Crippen molar-refractivity contribution in [3.63, 3.8) is 0 Å². The van der Waals surface area contributed by atoms with Gasteiger partial charge < -0.3 is 5.73 Å². The molecule has 0 atom stereocenters. The fraction of sp³-hybridized carbons (Fsp3) is 0.500. The first-order valence-corrected chi connectivity index (χ1v) is 7.82. The molecule has 0 aliphatic carbocycles. The topological polar surface area (TPSA) is 66.6 Å². The number of hydrogen-bond acceptors (Lipinski definition) is 4. The molecule has 1 aromatic carbocycles. The quantitative estimate of drug-likeness (QED) is 0.838. The van der Waals surface area contributed by atoms with Crippen LogP contribution in [0, 0.1) is 0 Å². The van der Waals surface area contributed by atoms with E-state index >= 15 is 0 Å². The van der Waals surface area contributed by atoms with Crippen LogP contribution in [0.5, 0.6) is 0 Å². The molecule has 0 aromatic heterocycles. The smallest absolute Gasteiger partial charge is 0.211 e. The van der Waals surface area contributed by atoms with Crippen LogP contribution in [0.25, 0.3) is 0 Å². The Morgan fingerprint density at radius 2 is 1.84 bits per heavy atom. The predicted molar refractivity (Wildman–Crippen MR) is 79.8 cm³/mol. The molecule has 1 aliphatic rings. The van der Waals surface area contributed by atoms with Crippen molar-refractivity contribution in [3.8, 4) is 0 Å². The van der Waals surface area contributed by atoms with Gasteiger partial charge in [0.1, 0.15) is 0 Å². The van der Waals surface area contributed by atoms with E-state index in [9.17, 15) is 8.42 Å². The van der Waals surface area contributed by atoms with Crippen molar-refractivity contribution in [2.45, 2.75) is 6.54 Å². The molecule has 5 nitrogen and oxygen atoms in total. The Morgan fingerprint density at radius 3 is 2.37 bits per heavy atom. The largest absolute Gasteiger partial charge is 0.399 e. The zero-order chi connectivity index (χ0) is 13.2. The molecule has 108 valence electrons. The van der Waals surface area contributed by atoms with E-state index in [0.717, 1.165) is 25.3 Å². The van der Waals surface area contributed by atoms with Crippen LogP contribution in [0.3, 0.4) is 0 Å². The Balaban J connectivity index is 0.00000180. The van der Waals surface area contributed by atoms with Gasteiger partial charge in [-0.05, 0) is 17.7 Å². The van der Waals surface area contributed by atoms with Crippen molar-refractivity contribution in [1.29, 1.82) is 0 Å². The molecule has 0 amide bonds. The molecule has 1 fully saturated rings. The Labute approximate surface area is 120 Å². The first-order chi connectivity index (χ1) is 8.45. The standard InChI is InChI=1S/C12H19N3O2S.ClH/c1-18(16,17)15-7-5-14(6-8-15)10-11-3-2-4-12(13)9-11;/h2-4,9H,5-8,10,13H2,1H3;1H. The van der Waals surface area contributed by atoms with Crippen molar-refractivity contribution in [2.75, 3.05) is 38.2 Å². The molecule has 0 bridgehead atoms. The second-order valence-electron chi connectivity index (χ2n) is 4.68. The second kappa shape index (κ2) is 6.56. The lowest BCUT2D eigenvalue weighted by Gasteiger charge is -2.33. The number of sulfonamides is 1. The van der Waals surface area contributed by atoms with Crippen molar-refractivity contribution < 1.29 is 8.42 Å². The van der Waals surface area contributed by atoms with Crippen LogP contribution < -0.4 is 5.73 Å². The zero-order valence-electron chi connectivity index (χ0n) is 10.9. The maximum absolute atomic E-state index is 11.4. The van der Waals surface area contributed by atoms with Crippen LogP contribution in [-0.2, 0) is 16.6 Å². The zero-order valence-corrected chi connectivity index (χ0v) is 12.6. The maximum atomic E-state index is 11.4. The monoisotopic (exact) mass is 305 g/mol. The van der Waals surface area contributed by atoms with Gasteiger partial charge in [-0.2, -0.15) is 4.31 Å². The highest BCUT2D eigenvalue weighted by Crippen LogP contribution is 2.12. The summed E-state index contributed by atoms with van der Waals surface area (Å²) in [6, 6.07) is 7.81. The molecule has 7 heteroatoms. The van der Waals surface area contributed by atoms with E-state index in [4.69, 9.17) is 5.73 Å². The van der Waals surface area contributed by atoms with E-state index in [-0.39, 0.29) is 12.4 Å². The summed E-state index contributed by atoms with van der Waals surface area (Å²) in [4.78, 5) is 2.25. The number of piperazine rings is 1. The lowest BCUT2D eigenvalue weighted by Crippen LogP contribution is -2.47. The average Bonchev–Trinajstić information content (AvgIpc) is 2.28. The van der Waals surface area contributed by atoms with Crippen molar-refractivity contribution >= 4 is 28.1 Å². The summed E-state index contributed by atoms with van der Waals surface area (Å²) in [5, 5.41) is 0. The maximum Gasteiger partial charge on any atom is 0.211 e. The van der Waals surface area contributed by atoms with Gasteiger partial charge in [0.2, 0.25) is 10.0 Å². The number of nitrogens with zero attached hydrogens (tertiary/aromatic N) is 2. The third-order valence-corrected chi connectivity index (χ3v) is 4.46. The molecule has 1 aromatic rings. The molecule has 1 heterocycles. The highest BCUT2D eigenvalue weighted by atomic mass is 35.5. The lowest BCUT2D eigenvalue weighted by atomic mass is 10.2. The number of benzene rings is 1. The number of rotatable bonds is 3. The summed E-state index contributed by atoms with van der Waals surface area (Å²) >= 11 is 0. The van der Waals surface area contributed by atoms with Gasteiger partial charge in [-0.3, -0.25) is 4.90 Å². The fourth-order valence-corrected chi connectivity index (χ4v) is 3.00. The van der Waals surface area contributed by atoms with Gasteiger partial charge in [0.05, 0.1) is 6.26 Å².